The first-order valence-electron chi connectivity index (χ1n) is 7.06. The molecular weight excluding hydrogens is 258 g/mol. The van der Waals surface area contributed by atoms with Gasteiger partial charge in [0.05, 0.1) is 19.8 Å². The first kappa shape index (κ1) is 15.0. The minimum Gasteiger partial charge on any atom is -0.481 e. The minimum atomic E-state index is -0.487. The number of piperidine rings is 1. The van der Waals surface area contributed by atoms with Crippen LogP contribution in [-0.4, -0.2) is 53.1 Å². The fourth-order valence-electron chi connectivity index (χ4n) is 2.90. The number of anilines is 1. The largest absolute Gasteiger partial charge is 0.481 e. The molecule has 0 aromatic carbocycles. The van der Waals surface area contributed by atoms with E-state index in [1.165, 1.54) is 0 Å². The maximum Gasteiger partial charge on any atom is 0.228 e. The fourth-order valence-corrected chi connectivity index (χ4v) is 2.90. The van der Waals surface area contributed by atoms with Crippen LogP contribution in [0.15, 0.2) is 12.3 Å². The molecule has 0 amide bonds. The van der Waals surface area contributed by atoms with Gasteiger partial charge in [-0.3, -0.25) is 0 Å². The average Bonchev–Trinajstić information content (AvgIpc) is 2.50. The van der Waals surface area contributed by atoms with Gasteiger partial charge in [-0.15, -0.1) is 0 Å². The van der Waals surface area contributed by atoms with Crippen molar-refractivity contribution in [3.8, 4) is 5.88 Å². The molecule has 2 rings (SSSR count). The van der Waals surface area contributed by atoms with Gasteiger partial charge < -0.3 is 19.8 Å². The number of aliphatic hydroxyl groups is 2. The molecule has 1 fully saturated rings. The van der Waals surface area contributed by atoms with Gasteiger partial charge in [-0.1, -0.05) is 13.3 Å². The van der Waals surface area contributed by atoms with E-state index < -0.39 is 11.5 Å². The molecule has 0 aliphatic carbocycles. The predicted molar refractivity (Wildman–Crippen MR) is 75.8 cm³/mol. The van der Waals surface area contributed by atoms with Gasteiger partial charge in [-0.25, -0.2) is 4.98 Å². The Kier molecular flexibility index (Phi) is 4.77. The molecule has 6 nitrogen and oxygen atoms in total. The highest BCUT2D eigenvalue weighted by Crippen LogP contribution is 2.35. The monoisotopic (exact) mass is 281 g/mol. The Morgan fingerprint density at radius 1 is 1.55 bits per heavy atom. The van der Waals surface area contributed by atoms with Gasteiger partial charge in [0.25, 0.3) is 0 Å². The van der Waals surface area contributed by atoms with E-state index in [0.29, 0.717) is 31.3 Å². The number of hydrogen-bond donors (Lipinski definition) is 2. The van der Waals surface area contributed by atoms with Gasteiger partial charge >= 0.3 is 0 Å². The molecule has 2 heterocycles. The van der Waals surface area contributed by atoms with Crippen molar-refractivity contribution in [2.45, 2.75) is 32.3 Å². The Bertz CT molecular complexity index is 443. The number of aromatic nitrogens is 2. The molecule has 112 valence electrons. The van der Waals surface area contributed by atoms with E-state index in [2.05, 4.69) is 16.9 Å². The second kappa shape index (κ2) is 6.37. The molecule has 1 aliphatic rings. The fraction of sp³-hybridized carbons (Fsp3) is 0.714. The normalized spacial score (nSPS) is 26.6. The lowest BCUT2D eigenvalue weighted by atomic mass is 9.74. The second-order valence-corrected chi connectivity index (χ2v) is 5.40. The molecule has 0 unspecified atom stereocenters. The van der Waals surface area contributed by atoms with Crippen molar-refractivity contribution in [2.75, 3.05) is 31.7 Å². The van der Waals surface area contributed by atoms with Crippen molar-refractivity contribution in [3.63, 3.8) is 0 Å². The smallest absolute Gasteiger partial charge is 0.228 e. The number of aliphatic hydroxyl groups excluding tert-OH is 2. The van der Waals surface area contributed by atoms with Gasteiger partial charge in [0.15, 0.2) is 0 Å². The number of methoxy groups -OCH3 is 1. The zero-order valence-corrected chi connectivity index (χ0v) is 12.1. The molecule has 6 heteroatoms. The lowest BCUT2D eigenvalue weighted by Crippen LogP contribution is -2.54. The van der Waals surface area contributed by atoms with Crippen molar-refractivity contribution >= 4 is 5.95 Å². The van der Waals surface area contributed by atoms with Crippen LogP contribution < -0.4 is 9.64 Å². The Morgan fingerprint density at radius 3 is 3.00 bits per heavy atom. The summed E-state index contributed by atoms with van der Waals surface area (Å²) < 4.78 is 5.12. The second-order valence-electron chi connectivity index (χ2n) is 5.40. The zero-order chi connectivity index (χ0) is 14.6. The van der Waals surface area contributed by atoms with E-state index in [4.69, 9.17) is 4.74 Å². The summed E-state index contributed by atoms with van der Waals surface area (Å²) in [5, 5.41) is 20.0. The van der Waals surface area contributed by atoms with Crippen LogP contribution in [0.25, 0.3) is 0 Å². The molecule has 2 atom stereocenters. The van der Waals surface area contributed by atoms with Gasteiger partial charge in [0.1, 0.15) is 0 Å². The third-order valence-electron chi connectivity index (χ3n) is 4.06. The third kappa shape index (κ3) is 2.86. The van der Waals surface area contributed by atoms with Crippen molar-refractivity contribution < 1.29 is 14.9 Å². The number of hydrogen-bond acceptors (Lipinski definition) is 6. The van der Waals surface area contributed by atoms with Gasteiger partial charge in [-0.2, -0.15) is 4.98 Å². The Balaban J connectivity index is 2.21. The molecule has 1 saturated heterocycles. The Morgan fingerprint density at radius 2 is 2.35 bits per heavy atom. The van der Waals surface area contributed by atoms with Gasteiger partial charge in [0, 0.05) is 30.8 Å². The molecule has 0 bridgehead atoms. The third-order valence-corrected chi connectivity index (χ3v) is 4.06. The summed E-state index contributed by atoms with van der Waals surface area (Å²) >= 11 is 0. The van der Waals surface area contributed by atoms with E-state index >= 15 is 0 Å². The zero-order valence-electron chi connectivity index (χ0n) is 12.1. The van der Waals surface area contributed by atoms with Crippen LogP contribution in [0.3, 0.4) is 0 Å². The summed E-state index contributed by atoms with van der Waals surface area (Å²) in [4.78, 5) is 10.6. The number of rotatable bonds is 5. The summed E-state index contributed by atoms with van der Waals surface area (Å²) in [5.74, 6) is 1.11. The molecule has 1 aromatic heterocycles. The molecular formula is C14H23N3O3. The van der Waals surface area contributed by atoms with Crippen LogP contribution in [0.2, 0.25) is 0 Å². The topological polar surface area (TPSA) is 78.7 Å². The van der Waals surface area contributed by atoms with Crippen molar-refractivity contribution in [1.29, 1.82) is 0 Å². The molecule has 0 spiro atoms. The quantitative estimate of drug-likeness (QED) is 0.832. The van der Waals surface area contributed by atoms with Gasteiger partial charge in [-0.05, 0) is 12.8 Å². The summed E-state index contributed by atoms with van der Waals surface area (Å²) in [6.07, 6.45) is 3.50. The van der Waals surface area contributed by atoms with E-state index in [1.54, 1.807) is 19.4 Å². The molecule has 20 heavy (non-hydrogen) atoms. The first-order valence-corrected chi connectivity index (χ1v) is 7.06. The van der Waals surface area contributed by atoms with Crippen LogP contribution in [0.5, 0.6) is 5.88 Å². The van der Waals surface area contributed by atoms with E-state index in [-0.39, 0.29) is 6.61 Å². The highest BCUT2D eigenvalue weighted by atomic mass is 16.5. The van der Waals surface area contributed by atoms with E-state index in [9.17, 15) is 10.2 Å². The lowest BCUT2D eigenvalue weighted by Gasteiger charge is -2.45. The van der Waals surface area contributed by atoms with Crippen LogP contribution in [0.1, 0.15) is 26.2 Å². The summed E-state index contributed by atoms with van der Waals surface area (Å²) in [6, 6.07) is 1.70. The highest BCUT2D eigenvalue weighted by Gasteiger charge is 2.42. The average molecular weight is 281 g/mol. The molecule has 1 aliphatic heterocycles. The molecule has 0 radical (unpaired) electrons. The standard InChI is InChI=1S/C14H23N3O3/c1-3-6-14(10-18)9-17(8-5-11(14)19)13-15-7-4-12(16-13)20-2/h4,7,11,18-19H,3,5-6,8-10H2,1-2H3/t11-,14-/m0/s1. The minimum absolute atomic E-state index is 0.0253. The van der Waals surface area contributed by atoms with Crippen LogP contribution in [-0.2, 0) is 0 Å². The van der Waals surface area contributed by atoms with Crippen molar-refractivity contribution in [2.24, 2.45) is 5.41 Å². The van der Waals surface area contributed by atoms with Crippen LogP contribution >= 0.6 is 0 Å². The summed E-state index contributed by atoms with van der Waals surface area (Å²) in [7, 11) is 1.57. The van der Waals surface area contributed by atoms with Crippen molar-refractivity contribution in [3.05, 3.63) is 12.3 Å². The maximum absolute atomic E-state index is 10.3. The van der Waals surface area contributed by atoms with Crippen LogP contribution in [0.4, 0.5) is 5.95 Å². The summed E-state index contributed by atoms with van der Waals surface area (Å²) in [5.41, 5.74) is -0.487. The van der Waals surface area contributed by atoms with Gasteiger partial charge in [0.2, 0.25) is 11.8 Å². The van der Waals surface area contributed by atoms with Crippen LogP contribution in [0, 0.1) is 5.41 Å². The lowest BCUT2D eigenvalue weighted by molar-refractivity contribution is -0.0355. The van der Waals surface area contributed by atoms with Crippen molar-refractivity contribution in [1.82, 2.24) is 9.97 Å². The SMILES string of the molecule is CCC[C@@]1(CO)CN(c2nccc(OC)n2)CC[C@@H]1O. The highest BCUT2D eigenvalue weighted by molar-refractivity contribution is 5.34. The summed E-state index contributed by atoms with van der Waals surface area (Å²) in [6.45, 7) is 3.28. The molecule has 1 aromatic rings. The molecule has 0 saturated carbocycles. The maximum atomic E-state index is 10.3. The first-order chi connectivity index (χ1) is 9.65. The Labute approximate surface area is 119 Å². The van der Waals surface area contributed by atoms with E-state index in [0.717, 1.165) is 12.8 Å². The Hall–Kier alpha value is -1.40. The predicted octanol–water partition coefficient (Wildman–Crippen LogP) is 0.835. The van der Waals surface area contributed by atoms with E-state index in [1.807, 2.05) is 4.90 Å². The molecule has 2 N–H and O–H groups in total. The number of nitrogens with zero attached hydrogens (tertiary/aromatic N) is 3. The number of ether oxygens (including phenoxy) is 1.